The number of carboxylic acid groups (broad SMARTS) is 1. The number of aliphatic carboxylic acids is 1. The van der Waals surface area contributed by atoms with Gasteiger partial charge in [0.25, 0.3) is 0 Å². The van der Waals surface area contributed by atoms with Gasteiger partial charge in [-0.2, -0.15) is 0 Å². The summed E-state index contributed by atoms with van der Waals surface area (Å²) < 4.78 is 11.1. The zero-order chi connectivity index (χ0) is 24.1. The monoisotopic (exact) mass is 468 g/mol. The van der Waals surface area contributed by atoms with Crippen LogP contribution in [-0.2, 0) is 19.1 Å². The quantitative estimate of drug-likeness (QED) is 0.441. The van der Waals surface area contributed by atoms with E-state index in [4.69, 9.17) is 19.7 Å². The zero-order valence-corrected chi connectivity index (χ0v) is 18.6. The minimum absolute atomic E-state index is 0.0324. The molecule has 2 amide bonds. The third-order valence-corrected chi connectivity index (χ3v) is 6.30. The lowest BCUT2D eigenvalue weighted by Gasteiger charge is -2.16. The largest absolute Gasteiger partial charge is 0.480 e. The Bertz CT molecular complexity index is 1010. The number of hydrogen-bond acceptors (Lipinski definition) is 6. The normalized spacial score (nSPS) is 19.7. The van der Waals surface area contributed by atoms with Crippen LogP contribution in [0.3, 0.4) is 0 Å². The van der Waals surface area contributed by atoms with Crippen molar-refractivity contribution >= 4 is 18.0 Å². The number of carbonyl (C=O) groups is 3. The van der Waals surface area contributed by atoms with Gasteiger partial charge in [-0.05, 0) is 28.7 Å². The predicted octanol–water partition coefficient (Wildman–Crippen LogP) is 1.88. The van der Waals surface area contributed by atoms with Crippen molar-refractivity contribution in [3.63, 3.8) is 0 Å². The van der Waals surface area contributed by atoms with Crippen LogP contribution in [0.5, 0.6) is 0 Å². The van der Waals surface area contributed by atoms with Crippen molar-refractivity contribution in [2.24, 2.45) is 5.92 Å². The number of rotatable bonds is 9. The van der Waals surface area contributed by atoms with E-state index in [0.717, 1.165) is 22.3 Å². The predicted molar refractivity (Wildman–Crippen MR) is 122 cm³/mol. The first-order valence-electron chi connectivity index (χ1n) is 11.3. The highest BCUT2D eigenvalue weighted by Gasteiger charge is 2.33. The van der Waals surface area contributed by atoms with Gasteiger partial charge in [0.2, 0.25) is 5.91 Å². The Balaban J connectivity index is 1.24. The third-order valence-electron chi connectivity index (χ3n) is 6.30. The first kappa shape index (κ1) is 23.7. The molecule has 2 aliphatic rings. The average Bonchev–Trinajstić information content (AvgIpc) is 3.44. The molecule has 2 unspecified atom stereocenters. The average molecular weight is 469 g/mol. The van der Waals surface area contributed by atoms with Gasteiger partial charge in [-0.3, -0.25) is 4.79 Å². The minimum atomic E-state index is -1.20. The molecule has 0 radical (unpaired) electrons. The van der Waals surface area contributed by atoms with Crippen LogP contribution in [0.1, 0.15) is 29.9 Å². The second-order valence-electron chi connectivity index (χ2n) is 8.51. The Labute approximate surface area is 197 Å². The summed E-state index contributed by atoms with van der Waals surface area (Å²) in [4.78, 5) is 35.8. The van der Waals surface area contributed by atoms with E-state index in [-0.39, 0.29) is 44.8 Å². The maximum absolute atomic E-state index is 12.3. The lowest BCUT2D eigenvalue weighted by Crippen LogP contribution is -2.44. The standard InChI is InChI=1S/C25H28N2O7/c28-10-9-22(24(30)31)27-23(29)15-11-16(33-13-15)12-26-25(32)34-14-21-19-7-3-1-5-17(19)18-6-2-4-8-20(18)21/h1-8,15-16,21-22,28H,9-14H2,(H,26,32)(H,27,29)(H,30,31)/t15?,16?,22-/m0/s1. The number of alkyl carbamates (subject to hydrolysis) is 1. The SMILES string of the molecule is O=C(NCC1CC(C(=O)N[C@@H](CCO)C(=O)O)CO1)OCC1c2ccccc2-c2ccccc21. The first-order chi connectivity index (χ1) is 16.5. The number of benzene rings is 2. The van der Waals surface area contributed by atoms with Crippen molar-refractivity contribution in [1.82, 2.24) is 10.6 Å². The second-order valence-corrected chi connectivity index (χ2v) is 8.51. The molecule has 9 heteroatoms. The van der Waals surface area contributed by atoms with Gasteiger partial charge in [-0.25, -0.2) is 9.59 Å². The molecule has 4 N–H and O–H groups in total. The Kier molecular flexibility index (Phi) is 7.44. The molecule has 9 nitrogen and oxygen atoms in total. The van der Waals surface area contributed by atoms with Gasteiger partial charge in [0.05, 0.1) is 18.6 Å². The van der Waals surface area contributed by atoms with Crippen molar-refractivity contribution in [3.05, 3.63) is 59.7 Å². The van der Waals surface area contributed by atoms with Gasteiger partial charge in [-0.1, -0.05) is 48.5 Å². The van der Waals surface area contributed by atoms with Crippen LogP contribution in [0.2, 0.25) is 0 Å². The number of aliphatic hydroxyl groups is 1. The molecule has 0 bridgehead atoms. The molecule has 1 saturated heterocycles. The molecule has 1 fully saturated rings. The van der Waals surface area contributed by atoms with Crippen LogP contribution in [0.4, 0.5) is 4.79 Å². The molecule has 1 aliphatic carbocycles. The fourth-order valence-electron chi connectivity index (χ4n) is 4.55. The van der Waals surface area contributed by atoms with Crippen LogP contribution in [0.25, 0.3) is 11.1 Å². The highest BCUT2D eigenvalue weighted by molar-refractivity contribution is 5.85. The minimum Gasteiger partial charge on any atom is -0.480 e. The molecule has 3 atom stereocenters. The summed E-state index contributed by atoms with van der Waals surface area (Å²) in [7, 11) is 0. The van der Waals surface area contributed by atoms with Gasteiger partial charge in [0.15, 0.2) is 0 Å². The van der Waals surface area contributed by atoms with E-state index < -0.39 is 29.9 Å². The molecule has 2 aromatic carbocycles. The van der Waals surface area contributed by atoms with Crippen LogP contribution in [-0.4, -0.2) is 66.7 Å². The van der Waals surface area contributed by atoms with Crippen LogP contribution in [0, 0.1) is 5.92 Å². The fourth-order valence-corrected chi connectivity index (χ4v) is 4.55. The van der Waals surface area contributed by atoms with Gasteiger partial charge in [-0.15, -0.1) is 0 Å². The zero-order valence-electron chi connectivity index (χ0n) is 18.6. The van der Waals surface area contributed by atoms with Crippen molar-refractivity contribution < 1.29 is 34.1 Å². The highest BCUT2D eigenvalue weighted by Crippen LogP contribution is 2.44. The van der Waals surface area contributed by atoms with Gasteiger partial charge < -0.3 is 30.3 Å². The summed E-state index contributed by atoms with van der Waals surface area (Å²) in [6.07, 6.45) is -0.660. The number of nitrogens with one attached hydrogen (secondary N) is 2. The first-order valence-corrected chi connectivity index (χ1v) is 11.3. The molecule has 1 aliphatic heterocycles. The molecule has 2 aromatic rings. The number of aliphatic hydroxyl groups excluding tert-OH is 1. The lowest BCUT2D eigenvalue weighted by atomic mass is 9.98. The van der Waals surface area contributed by atoms with Gasteiger partial charge >= 0.3 is 12.1 Å². The molecule has 180 valence electrons. The van der Waals surface area contributed by atoms with Crippen molar-refractivity contribution in [3.8, 4) is 11.1 Å². The van der Waals surface area contributed by atoms with Gasteiger partial charge in [0, 0.05) is 25.5 Å². The highest BCUT2D eigenvalue weighted by atomic mass is 16.5. The molecule has 0 spiro atoms. The number of carbonyl (C=O) groups excluding carboxylic acids is 2. The molecular weight excluding hydrogens is 440 g/mol. The Hall–Kier alpha value is -3.43. The van der Waals surface area contributed by atoms with Crippen LogP contribution in [0.15, 0.2) is 48.5 Å². The maximum Gasteiger partial charge on any atom is 0.407 e. The number of amides is 2. The number of hydrogen-bond donors (Lipinski definition) is 4. The summed E-state index contributed by atoms with van der Waals surface area (Å²) in [6, 6.07) is 15.0. The van der Waals surface area contributed by atoms with Crippen LogP contribution >= 0.6 is 0 Å². The van der Waals surface area contributed by atoms with E-state index in [0.29, 0.717) is 6.42 Å². The van der Waals surface area contributed by atoms with Crippen molar-refractivity contribution in [2.45, 2.75) is 30.9 Å². The summed E-state index contributed by atoms with van der Waals surface area (Å²) in [5.41, 5.74) is 4.57. The lowest BCUT2D eigenvalue weighted by molar-refractivity contribution is -0.142. The molecule has 34 heavy (non-hydrogen) atoms. The molecule has 0 aromatic heterocycles. The molecule has 0 saturated carbocycles. The number of carboxylic acids is 1. The second kappa shape index (κ2) is 10.7. The van der Waals surface area contributed by atoms with Crippen molar-refractivity contribution in [2.75, 3.05) is 26.4 Å². The number of ether oxygens (including phenoxy) is 2. The Morgan fingerprint density at radius 2 is 1.71 bits per heavy atom. The molecular formula is C25H28N2O7. The molecule has 4 rings (SSSR count). The van der Waals surface area contributed by atoms with Gasteiger partial charge in [0.1, 0.15) is 12.6 Å². The van der Waals surface area contributed by atoms with Crippen molar-refractivity contribution in [1.29, 1.82) is 0 Å². The number of fused-ring (bicyclic) bond motifs is 3. The smallest absolute Gasteiger partial charge is 0.407 e. The van der Waals surface area contributed by atoms with E-state index in [1.807, 2.05) is 36.4 Å². The van der Waals surface area contributed by atoms with Crippen LogP contribution < -0.4 is 10.6 Å². The topological polar surface area (TPSA) is 134 Å². The summed E-state index contributed by atoms with van der Waals surface area (Å²) in [5, 5.41) is 23.2. The fraction of sp³-hybridized carbons (Fsp3) is 0.400. The summed E-state index contributed by atoms with van der Waals surface area (Å²) in [5.74, 6) is -2.19. The third kappa shape index (κ3) is 5.21. The maximum atomic E-state index is 12.3. The Morgan fingerprint density at radius 3 is 2.32 bits per heavy atom. The van der Waals surface area contributed by atoms with E-state index in [9.17, 15) is 14.4 Å². The Morgan fingerprint density at radius 1 is 1.06 bits per heavy atom. The van der Waals surface area contributed by atoms with E-state index in [2.05, 4.69) is 22.8 Å². The molecule has 1 heterocycles. The summed E-state index contributed by atoms with van der Waals surface area (Å²) >= 11 is 0. The summed E-state index contributed by atoms with van der Waals surface area (Å²) in [6.45, 7) is 0.177. The van der Waals surface area contributed by atoms with E-state index in [1.165, 1.54) is 0 Å². The van der Waals surface area contributed by atoms with E-state index >= 15 is 0 Å². The van der Waals surface area contributed by atoms with E-state index in [1.54, 1.807) is 0 Å².